The number of Topliss-reactive ketones (excluding diaryl/α,β-unsaturated/α-hetero) is 2. The third-order valence-electron chi connectivity index (χ3n) is 11.7. The molecule has 0 unspecified atom stereocenters. The lowest BCUT2D eigenvalue weighted by Crippen LogP contribution is -2.55. The van der Waals surface area contributed by atoms with Gasteiger partial charge in [-0.3, -0.25) is 57.7 Å². The number of rotatable bonds is 19. The van der Waals surface area contributed by atoms with E-state index >= 15 is 0 Å². The van der Waals surface area contributed by atoms with Crippen LogP contribution in [0.1, 0.15) is 62.3 Å². The Morgan fingerprint density at radius 3 is 1.24 bits per heavy atom. The van der Waals surface area contributed by atoms with Gasteiger partial charge in [0.05, 0.1) is 47.9 Å². The van der Waals surface area contributed by atoms with Crippen molar-refractivity contribution < 1.29 is 72.9 Å². The van der Waals surface area contributed by atoms with Gasteiger partial charge in [0.25, 0.3) is 35.4 Å². The minimum Gasteiger partial charge on any atom is -0.508 e. The molecule has 0 aliphatic carbocycles. The number of aldehydes is 2. The van der Waals surface area contributed by atoms with Crippen molar-refractivity contribution in [1.82, 2.24) is 21.3 Å². The van der Waals surface area contributed by atoms with Crippen LogP contribution in [-0.4, -0.2) is 164 Å². The van der Waals surface area contributed by atoms with E-state index in [1.807, 2.05) is 19.0 Å². The number of phenols is 1. The summed E-state index contributed by atoms with van der Waals surface area (Å²) in [6.45, 7) is -0.922. The van der Waals surface area contributed by atoms with E-state index in [1.54, 1.807) is 54.6 Å². The first-order valence-electron chi connectivity index (χ1n) is 23.5. The van der Waals surface area contributed by atoms with Crippen LogP contribution in [0.2, 0.25) is 0 Å². The van der Waals surface area contributed by atoms with E-state index in [0.29, 0.717) is 12.6 Å². The van der Waals surface area contributed by atoms with E-state index in [4.69, 9.17) is 0 Å². The maximum Gasteiger partial charge on any atom is 0.252 e. The number of nitrogens with zero attached hydrogens (tertiary/aromatic N) is 5. The van der Waals surface area contributed by atoms with Crippen LogP contribution in [0.3, 0.4) is 0 Å². The Morgan fingerprint density at radius 1 is 0.577 bits per heavy atom. The predicted molar refractivity (Wildman–Crippen MR) is 288 cm³/mol. The SMILES string of the molecule is C.C.CC(=O)C[C@@H](C=O)NC(=O)CN1C(=O)[C@@H](NC(=O)c2ccc(N(C)C)cc2)CN(C(=O)CO)c2ccccc21.CC(=O)C[C@@H](C=O)NC(=O)CN1C(=O)[C@@H](NC(=O)c2ccc(O)cc2)CN(C(=O)CO)c2ccccc21. The van der Waals surface area contributed by atoms with E-state index in [1.165, 1.54) is 61.2 Å². The van der Waals surface area contributed by atoms with Crippen molar-refractivity contribution in [3.05, 3.63) is 108 Å². The summed E-state index contributed by atoms with van der Waals surface area (Å²) in [6.07, 6.45) is 0.428. The molecule has 4 aromatic carbocycles. The topological polar surface area (TPSA) is 330 Å². The fraction of sp³-hybridized carbons (Fsp3) is 0.333. The molecule has 8 amide bonds. The molecule has 2 heterocycles. The lowest BCUT2D eigenvalue weighted by Gasteiger charge is -2.25. The van der Waals surface area contributed by atoms with Gasteiger partial charge < -0.3 is 60.9 Å². The minimum absolute atomic E-state index is 0. The molecule has 4 aromatic rings. The fourth-order valence-corrected chi connectivity index (χ4v) is 8.04. The van der Waals surface area contributed by atoms with Crippen molar-refractivity contribution in [2.75, 3.05) is 78.0 Å². The van der Waals surface area contributed by atoms with Crippen LogP contribution in [0, 0.1) is 0 Å². The molecular formula is C54H65N9O15. The highest BCUT2D eigenvalue weighted by molar-refractivity contribution is 6.13. The van der Waals surface area contributed by atoms with Crippen molar-refractivity contribution in [2.24, 2.45) is 0 Å². The van der Waals surface area contributed by atoms with Crippen LogP contribution in [-0.2, 0) is 47.9 Å². The van der Waals surface area contributed by atoms with Crippen LogP contribution >= 0.6 is 0 Å². The average molecular weight is 1080 g/mol. The number of hydrogen-bond donors (Lipinski definition) is 7. The average Bonchev–Trinajstić information content (AvgIpc) is 3.59. The molecule has 24 nitrogen and oxygen atoms in total. The van der Waals surface area contributed by atoms with Gasteiger partial charge in [-0.05, 0) is 86.6 Å². The number of aliphatic hydroxyl groups excluding tert-OH is 2. The first-order valence-corrected chi connectivity index (χ1v) is 23.5. The first-order chi connectivity index (χ1) is 36.2. The van der Waals surface area contributed by atoms with Crippen molar-refractivity contribution in [3.8, 4) is 5.75 Å². The molecular weight excluding hydrogens is 1010 g/mol. The third-order valence-corrected chi connectivity index (χ3v) is 11.7. The molecule has 0 radical (unpaired) electrons. The molecule has 2 aliphatic heterocycles. The number of ketones is 2. The summed E-state index contributed by atoms with van der Waals surface area (Å²) in [5, 5.41) is 38.6. The number of carbonyl (C=O) groups is 12. The van der Waals surface area contributed by atoms with E-state index in [-0.39, 0.29) is 92.0 Å². The molecule has 416 valence electrons. The second kappa shape index (κ2) is 29.2. The second-order valence-corrected chi connectivity index (χ2v) is 17.6. The number of amides is 8. The fourth-order valence-electron chi connectivity index (χ4n) is 8.04. The van der Waals surface area contributed by atoms with Gasteiger partial charge in [0, 0.05) is 43.8 Å². The normalized spacial score (nSPS) is 15.2. The highest BCUT2D eigenvalue weighted by Crippen LogP contribution is 2.34. The van der Waals surface area contributed by atoms with Gasteiger partial charge in [-0.1, -0.05) is 39.1 Å². The predicted octanol–water partition coefficient (Wildman–Crippen LogP) is 0.684. The summed E-state index contributed by atoms with van der Waals surface area (Å²) >= 11 is 0. The first kappa shape index (κ1) is 63.1. The summed E-state index contributed by atoms with van der Waals surface area (Å²) in [7, 11) is 3.71. The zero-order valence-electron chi connectivity index (χ0n) is 41.8. The molecule has 7 N–H and O–H groups in total. The summed E-state index contributed by atoms with van der Waals surface area (Å²) in [5.41, 5.74) is 2.11. The van der Waals surface area contributed by atoms with Gasteiger partial charge in [0.1, 0.15) is 68.3 Å². The Hall–Kier alpha value is -9.16. The Bertz CT molecular complexity index is 2860. The van der Waals surface area contributed by atoms with Crippen molar-refractivity contribution in [1.29, 1.82) is 0 Å². The number of benzene rings is 4. The third kappa shape index (κ3) is 16.4. The number of nitrogens with one attached hydrogen (secondary N) is 4. The van der Waals surface area contributed by atoms with Gasteiger partial charge in [-0.2, -0.15) is 0 Å². The van der Waals surface area contributed by atoms with Gasteiger partial charge in [-0.25, -0.2) is 0 Å². The summed E-state index contributed by atoms with van der Waals surface area (Å²) in [5.74, 6) is -6.25. The van der Waals surface area contributed by atoms with Crippen molar-refractivity contribution in [3.63, 3.8) is 0 Å². The van der Waals surface area contributed by atoms with E-state index < -0.39 is 97.7 Å². The Balaban J connectivity index is 0.000000401. The molecule has 0 bridgehead atoms. The number of anilines is 5. The van der Waals surface area contributed by atoms with E-state index in [0.717, 1.165) is 20.4 Å². The molecule has 0 spiro atoms. The molecule has 0 saturated carbocycles. The van der Waals surface area contributed by atoms with Crippen LogP contribution in [0.25, 0.3) is 0 Å². The van der Waals surface area contributed by atoms with Crippen molar-refractivity contribution >= 4 is 99.8 Å². The van der Waals surface area contributed by atoms with Crippen LogP contribution < -0.4 is 45.8 Å². The molecule has 0 fully saturated rings. The zero-order chi connectivity index (χ0) is 55.8. The van der Waals surface area contributed by atoms with Gasteiger partial charge in [-0.15, -0.1) is 0 Å². The Morgan fingerprint density at radius 2 is 0.923 bits per heavy atom. The molecule has 2 aliphatic rings. The number of phenolic OH excluding ortho intramolecular Hbond substituents is 1. The quantitative estimate of drug-likeness (QED) is 0.0635. The second-order valence-electron chi connectivity index (χ2n) is 17.6. The number of carbonyl (C=O) groups excluding carboxylic acids is 12. The zero-order valence-corrected chi connectivity index (χ0v) is 41.8. The van der Waals surface area contributed by atoms with Crippen LogP contribution in [0.4, 0.5) is 28.4 Å². The summed E-state index contributed by atoms with van der Waals surface area (Å²) in [4.78, 5) is 156. The maximum atomic E-state index is 13.7. The molecule has 4 atom stereocenters. The maximum absolute atomic E-state index is 13.7. The monoisotopic (exact) mass is 1080 g/mol. The minimum atomic E-state index is -1.32. The number of aliphatic hydroxyl groups is 2. The van der Waals surface area contributed by atoms with Gasteiger partial charge >= 0.3 is 0 Å². The summed E-state index contributed by atoms with van der Waals surface area (Å²) in [6, 6.07) is 19.7. The lowest BCUT2D eigenvalue weighted by atomic mass is 10.1. The lowest BCUT2D eigenvalue weighted by molar-refractivity contribution is -0.127. The number of hydrogen-bond acceptors (Lipinski definition) is 16. The molecule has 78 heavy (non-hydrogen) atoms. The smallest absolute Gasteiger partial charge is 0.252 e. The van der Waals surface area contributed by atoms with Gasteiger partial charge in [0.15, 0.2) is 0 Å². The van der Waals surface area contributed by atoms with E-state index in [9.17, 15) is 72.9 Å². The molecule has 24 heteroatoms. The number of fused-ring (bicyclic) bond motifs is 2. The molecule has 6 rings (SSSR count). The highest BCUT2D eigenvalue weighted by atomic mass is 16.3. The Kier molecular flexibility index (Phi) is 23.7. The largest absolute Gasteiger partial charge is 0.508 e. The molecule has 0 aromatic heterocycles. The van der Waals surface area contributed by atoms with Gasteiger partial charge in [0.2, 0.25) is 11.8 Å². The Labute approximate surface area is 450 Å². The molecule has 0 saturated heterocycles. The van der Waals surface area contributed by atoms with Crippen LogP contribution in [0.15, 0.2) is 97.1 Å². The standard InChI is InChI=1S/C27H31N5O7.C25H26N4O8.2CH4/c1-17(35)12-19(15-33)28-24(36)14-32-23-7-5-4-6-22(23)31(25(37)16-34)13-21(27(32)39)29-26(38)18-8-10-20(11-9-18)30(2)3;1-15(32)10-17(13-30)26-22(34)12-29-21-5-3-2-4-20(21)28(23(35)14-31)11-19(25(29)37)27-24(36)16-6-8-18(33)9-7-16;;/h4-11,15,19,21,34H,12-14,16H2,1-3H3,(H,28,36)(H,29,38);2-9,13,17,19,31,33H,10-12,14H2,1H3,(H,26,34)(H,27,36);2*1H4/t19-,21-;17-,19-;;/m00../s1. The number of para-hydroxylation sites is 4. The van der Waals surface area contributed by atoms with Crippen molar-refractivity contribution in [2.45, 2.75) is 65.7 Å². The van der Waals surface area contributed by atoms with E-state index in [2.05, 4.69) is 21.3 Å². The van der Waals surface area contributed by atoms with Crippen LogP contribution in [0.5, 0.6) is 5.75 Å². The summed E-state index contributed by atoms with van der Waals surface area (Å²) < 4.78 is 0. The number of aromatic hydroxyl groups is 1. The highest BCUT2D eigenvalue weighted by Gasteiger charge is 2.39.